The molecule has 1 N–H and O–H groups in total. The van der Waals surface area contributed by atoms with Crippen LogP contribution in [0.5, 0.6) is 11.5 Å². The summed E-state index contributed by atoms with van der Waals surface area (Å²) in [5.41, 5.74) is 2.99. The van der Waals surface area contributed by atoms with Crippen molar-refractivity contribution >= 4 is 11.6 Å². The van der Waals surface area contributed by atoms with Gasteiger partial charge in [0.15, 0.2) is 6.61 Å². The maximum Gasteiger partial charge on any atom is 0.262 e. The number of nitrogens with one attached hydrogen (secondary N) is 1. The van der Waals surface area contributed by atoms with Gasteiger partial charge in [0.25, 0.3) is 5.91 Å². The lowest BCUT2D eigenvalue weighted by atomic mass is 10.1. The van der Waals surface area contributed by atoms with Crippen molar-refractivity contribution in [1.29, 1.82) is 0 Å². The third-order valence-corrected chi connectivity index (χ3v) is 4.99. The molecule has 0 aliphatic heterocycles. The lowest BCUT2D eigenvalue weighted by Gasteiger charge is -2.10. The largest absolute Gasteiger partial charge is 0.494 e. The van der Waals surface area contributed by atoms with Crippen molar-refractivity contribution < 1.29 is 14.3 Å². The summed E-state index contributed by atoms with van der Waals surface area (Å²) in [5, 5.41) is 2.85. The number of anilines is 1. The van der Waals surface area contributed by atoms with E-state index in [4.69, 9.17) is 9.47 Å². The van der Waals surface area contributed by atoms with Crippen LogP contribution in [0.4, 0.5) is 5.69 Å². The molecule has 0 unspecified atom stereocenters. The number of unbranched alkanes of at least 4 members (excludes halogenated alkanes) is 4. The molecular formula is C27H31NO3. The number of benzene rings is 3. The summed E-state index contributed by atoms with van der Waals surface area (Å²) in [6.45, 7) is 2.90. The van der Waals surface area contributed by atoms with Gasteiger partial charge in [0.2, 0.25) is 0 Å². The van der Waals surface area contributed by atoms with Gasteiger partial charge in [-0.25, -0.2) is 0 Å². The second kappa shape index (κ2) is 12.4. The maximum atomic E-state index is 12.2. The summed E-state index contributed by atoms with van der Waals surface area (Å²) in [6.07, 6.45) is 6.08. The van der Waals surface area contributed by atoms with Gasteiger partial charge in [-0.2, -0.15) is 0 Å². The first kappa shape index (κ1) is 22.4. The number of hydrogen-bond acceptors (Lipinski definition) is 3. The maximum absolute atomic E-state index is 12.2. The number of rotatable bonds is 12. The van der Waals surface area contributed by atoms with Crippen molar-refractivity contribution in [2.75, 3.05) is 18.5 Å². The average Bonchev–Trinajstić information content (AvgIpc) is 2.82. The highest BCUT2D eigenvalue weighted by Gasteiger charge is 2.05. The Morgan fingerprint density at radius 1 is 0.710 bits per heavy atom. The first-order valence-corrected chi connectivity index (χ1v) is 11.1. The zero-order valence-corrected chi connectivity index (χ0v) is 18.2. The molecule has 4 nitrogen and oxygen atoms in total. The van der Waals surface area contributed by atoms with E-state index in [9.17, 15) is 4.79 Å². The molecule has 0 aromatic heterocycles. The Kier molecular flexibility index (Phi) is 8.99. The molecule has 31 heavy (non-hydrogen) atoms. The second-order valence-corrected chi connectivity index (χ2v) is 7.51. The minimum Gasteiger partial charge on any atom is -0.494 e. The van der Waals surface area contributed by atoms with Gasteiger partial charge in [-0.3, -0.25) is 4.79 Å². The zero-order valence-electron chi connectivity index (χ0n) is 18.2. The van der Waals surface area contributed by atoms with Crippen LogP contribution < -0.4 is 14.8 Å². The van der Waals surface area contributed by atoms with E-state index in [0.29, 0.717) is 5.75 Å². The molecule has 162 valence electrons. The summed E-state index contributed by atoms with van der Waals surface area (Å²) in [5.74, 6) is 1.29. The topological polar surface area (TPSA) is 47.6 Å². The minimum atomic E-state index is -0.197. The molecular weight excluding hydrogens is 386 g/mol. The van der Waals surface area contributed by atoms with Gasteiger partial charge in [-0.1, -0.05) is 75.1 Å². The van der Waals surface area contributed by atoms with Gasteiger partial charge in [0.05, 0.1) is 6.61 Å². The lowest BCUT2D eigenvalue weighted by Crippen LogP contribution is -2.20. The predicted molar refractivity (Wildman–Crippen MR) is 127 cm³/mol. The van der Waals surface area contributed by atoms with Crippen LogP contribution in [0.1, 0.15) is 39.0 Å². The molecule has 0 radical (unpaired) electrons. The normalized spacial score (nSPS) is 10.5. The Balaban J connectivity index is 1.38. The Morgan fingerprint density at radius 2 is 1.32 bits per heavy atom. The van der Waals surface area contributed by atoms with Crippen LogP contribution in [0.25, 0.3) is 11.1 Å². The van der Waals surface area contributed by atoms with Gasteiger partial charge in [-0.15, -0.1) is 0 Å². The minimum absolute atomic E-state index is 0.0410. The molecule has 0 saturated heterocycles. The molecule has 3 aromatic rings. The third kappa shape index (κ3) is 7.82. The van der Waals surface area contributed by atoms with Crippen LogP contribution in [0.2, 0.25) is 0 Å². The van der Waals surface area contributed by atoms with Crippen molar-refractivity contribution in [1.82, 2.24) is 0 Å². The Labute approximate surface area is 185 Å². The number of hydrogen-bond donors (Lipinski definition) is 1. The fraction of sp³-hybridized carbons (Fsp3) is 0.296. The number of carbonyl (C=O) groups excluding carboxylic acids is 1. The SMILES string of the molecule is CCCCCCCOc1ccc(NC(=O)COc2ccc(-c3ccccc3)cc2)cc1. The molecule has 0 atom stereocenters. The molecule has 4 heteroatoms. The summed E-state index contributed by atoms with van der Waals surface area (Å²) in [7, 11) is 0. The van der Waals surface area contributed by atoms with Crippen LogP contribution in [0.15, 0.2) is 78.9 Å². The fourth-order valence-corrected chi connectivity index (χ4v) is 3.25. The zero-order chi connectivity index (χ0) is 21.7. The molecule has 0 aliphatic carbocycles. The van der Waals surface area contributed by atoms with Crippen molar-refractivity contribution in [2.45, 2.75) is 39.0 Å². The van der Waals surface area contributed by atoms with Crippen LogP contribution in [0, 0.1) is 0 Å². The number of amides is 1. The van der Waals surface area contributed by atoms with E-state index in [1.165, 1.54) is 25.7 Å². The van der Waals surface area contributed by atoms with Gasteiger partial charge in [0, 0.05) is 5.69 Å². The van der Waals surface area contributed by atoms with Crippen LogP contribution >= 0.6 is 0 Å². The monoisotopic (exact) mass is 417 g/mol. The van der Waals surface area contributed by atoms with E-state index in [2.05, 4.69) is 24.4 Å². The van der Waals surface area contributed by atoms with Gasteiger partial charge >= 0.3 is 0 Å². The van der Waals surface area contributed by atoms with Crippen LogP contribution in [-0.2, 0) is 4.79 Å². The van der Waals surface area contributed by atoms with E-state index in [-0.39, 0.29) is 12.5 Å². The molecule has 1 amide bonds. The van der Waals surface area contributed by atoms with E-state index in [1.54, 1.807) is 0 Å². The second-order valence-electron chi connectivity index (χ2n) is 7.51. The highest BCUT2D eigenvalue weighted by atomic mass is 16.5. The molecule has 0 saturated carbocycles. The van der Waals surface area contributed by atoms with Crippen molar-refractivity contribution in [3.63, 3.8) is 0 Å². The Morgan fingerprint density at radius 3 is 2.03 bits per heavy atom. The number of carbonyl (C=O) groups is 1. The first-order chi connectivity index (χ1) is 15.2. The van der Waals surface area contributed by atoms with E-state index < -0.39 is 0 Å². The lowest BCUT2D eigenvalue weighted by molar-refractivity contribution is -0.118. The first-order valence-electron chi connectivity index (χ1n) is 11.1. The van der Waals surface area contributed by atoms with Crippen molar-refractivity contribution in [3.8, 4) is 22.6 Å². The standard InChI is InChI=1S/C27H31NO3/c1-2-3-4-5-9-20-30-25-18-14-24(15-19-25)28-27(29)21-31-26-16-12-23(13-17-26)22-10-7-6-8-11-22/h6-8,10-19H,2-5,9,20-21H2,1H3,(H,28,29). The number of ether oxygens (including phenoxy) is 2. The van der Waals surface area contributed by atoms with Crippen molar-refractivity contribution in [2.24, 2.45) is 0 Å². The smallest absolute Gasteiger partial charge is 0.262 e. The van der Waals surface area contributed by atoms with Crippen LogP contribution in [0.3, 0.4) is 0 Å². The molecule has 0 heterocycles. The summed E-state index contributed by atoms with van der Waals surface area (Å²) < 4.78 is 11.4. The Hall–Kier alpha value is -3.27. The predicted octanol–water partition coefficient (Wildman–Crippen LogP) is 6.72. The summed E-state index contributed by atoms with van der Waals surface area (Å²) >= 11 is 0. The van der Waals surface area contributed by atoms with Gasteiger partial charge in [0.1, 0.15) is 11.5 Å². The van der Waals surface area contributed by atoms with Crippen LogP contribution in [-0.4, -0.2) is 19.1 Å². The quantitative estimate of drug-likeness (QED) is 0.333. The van der Waals surface area contributed by atoms with Crippen molar-refractivity contribution in [3.05, 3.63) is 78.9 Å². The molecule has 0 bridgehead atoms. The molecule has 0 aliphatic rings. The summed E-state index contributed by atoms with van der Waals surface area (Å²) in [6, 6.07) is 25.3. The molecule has 0 fully saturated rings. The third-order valence-electron chi connectivity index (χ3n) is 4.99. The summed E-state index contributed by atoms with van der Waals surface area (Å²) in [4.78, 5) is 12.2. The van der Waals surface area contributed by atoms with E-state index in [0.717, 1.165) is 35.6 Å². The molecule has 3 aromatic carbocycles. The highest BCUT2D eigenvalue weighted by molar-refractivity contribution is 5.91. The van der Waals surface area contributed by atoms with E-state index >= 15 is 0 Å². The van der Waals surface area contributed by atoms with E-state index in [1.807, 2.05) is 66.7 Å². The Bertz CT molecular complexity index is 905. The average molecular weight is 418 g/mol. The van der Waals surface area contributed by atoms with Gasteiger partial charge in [-0.05, 0) is 53.9 Å². The fourth-order valence-electron chi connectivity index (χ4n) is 3.25. The van der Waals surface area contributed by atoms with Gasteiger partial charge < -0.3 is 14.8 Å². The molecule has 3 rings (SSSR count). The molecule has 0 spiro atoms. The highest BCUT2D eigenvalue weighted by Crippen LogP contribution is 2.22.